The Labute approximate surface area is 412 Å². The van der Waals surface area contributed by atoms with Gasteiger partial charge in [0.1, 0.15) is 13.2 Å². The summed E-state index contributed by atoms with van der Waals surface area (Å²) < 4.78 is 16.7. The van der Waals surface area contributed by atoms with Crippen LogP contribution >= 0.6 is 0 Å². The zero-order valence-corrected chi connectivity index (χ0v) is 43.1. The number of rotatable bonds is 47. The molecule has 0 fully saturated rings. The topological polar surface area (TPSA) is 78.9 Å². The second-order valence-electron chi connectivity index (χ2n) is 17.4. The van der Waals surface area contributed by atoms with Crippen LogP contribution in [0.5, 0.6) is 0 Å². The van der Waals surface area contributed by atoms with Crippen molar-refractivity contribution >= 4 is 17.9 Å². The normalized spacial score (nSPS) is 13.1. The summed E-state index contributed by atoms with van der Waals surface area (Å²) in [5.41, 5.74) is 0. The molecule has 0 radical (unpaired) electrons. The largest absolute Gasteiger partial charge is 0.462 e. The summed E-state index contributed by atoms with van der Waals surface area (Å²) in [6.07, 6.45) is 74.8. The van der Waals surface area contributed by atoms with Crippen molar-refractivity contribution in [1.29, 1.82) is 0 Å². The van der Waals surface area contributed by atoms with E-state index in [2.05, 4.69) is 142 Å². The standard InChI is InChI=1S/C61H98O6/c1-4-7-10-13-16-19-22-24-26-28-29-30-31-32-33-34-36-37-39-42-45-48-51-54-60(63)66-57-58(56-65-59(62)53-50-47-44-41-21-18-15-12-9-6-3)67-61(64)55-52-49-46-43-40-38-35-27-25-23-20-17-14-11-8-5-2/h7,10,12,15-16,19-20,23-24,26-27,29-30,32-33,35-37,42,45,58H,4-6,8-9,11,13-14,17-18,21-22,25,28,31,34,38-41,43-44,46-57H2,1-3H3/b10-7-,15-12-,19-16-,23-20-,26-24-,30-29-,33-32-,35-27-,37-36-,45-42-. The minimum absolute atomic E-state index is 0.110. The lowest BCUT2D eigenvalue weighted by Crippen LogP contribution is -2.30. The van der Waals surface area contributed by atoms with Crippen molar-refractivity contribution in [2.24, 2.45) is 0 Å². The third-order valence-corrected chi connectivity index (χ3v) is 10.9. The Morgan fingerprint density at radius 3 is 1.04 bits per heavy atom. The van der Waals surface area contributed by atoms with E-state index in [-0.39, 0.29) is 37.5 Å². The summed E-state index contributed by atoms with van der Waals surface area (Å²) in [7, 11) is 0. The van der Waals surface area contributed by atoms with Crippen LogP contribution < -0.4 is 0 Å². The molecule has 0 saturated heterocycles. The Balaban J connectivity index is 4.47. The van der Waals surface area contributed by atoms with E-state index in [4.69, 9.17) is 14.2 Å². The Morgan fingerprint density at radius 2 is 0.627 bits per heavy atom. The molecule has 1 atom stereocenters. The van der Waals surface area contributed by atoms with Gasteiger partial charge in [-0.3, -0.25) is 14.4 Å². The van der Waals surface area contributed by atoms with Crippen LogP contribution in [0.1, 0.15) is 226 Å². The fraction of sp³-hybridized carbons (Fsp3) is 0.623. The Morgan fingerprint density at radius 1 is 0.313 bits per heavy atom. The van der Waals surface area contributed by atoms with Crippen LogP contribution in [0.25, 0.3) is 0 Å². The molecule has 6 nitrogen and oxygen atoms in total. The summed E-state index contributed by atoms with van der Waals surface area (Å²) >= 11 is 0. The van der Waals surface area contributed by atoms with Crippen LogP contribution in [0, 0.1) is 0 Å². The van der Waals surface area contributed by atoms with E-state index in [0.717, 1.165) is 135 Å². The highest BCUT2D eigenvalue weighted by Crippen LogP contribution is 2.12. The molecule has 67 heavy (non-hydrogen) atoms. The maximum atomic E-state index is 12.8. The lowest BCUT2D eigenvalue weighted by atomic mass is 10.1. The van der Waals surface area contributed by atoms with Gasteiger partial charge < -0.3 is 14.2 Å². The number of ether oxygens (including phenoxy) is 3. The van der Waals surface area contributed by atoms with Crippen molar-refractivity contribution in [2.45, 2.75) is 232 Å². The van der Waals surface area contributed by atoms with Crippen molar-refractivity contribution in [3.8, 4) is 0 Å². The van der Waals surface area contributed by atoms with E-state index in [1.54, 1.807) is 0 Å². The van der Waals surface area contributed by atoms with Crippen LogP contribution in [-0.2, 0) is 28.6 Å². The number of hydrogen-bond acceptors (Lipinski definition) is 6. The van der Waals surface area contributed by atoms with Gasteiger partial charge in [0.15, 0.2) is 6.10 Å². The van der Waals surface area contributed by atoms with Crippen LogP contribution in [0.3, 0.4) is 0 Å². The Hall–Kier alpha value is -4.19. The summed E-state index contributed by atoms with van der Waals surface area (Å²) in [4.78, 5) is 38.0. The number of carbonyl (C=O) groups excluding carboxylic acids is 3. The molecule has 378 valence electrons. The monoisotopic (exact) mass is 927 g/mol. The molecule has 0 N–H and O–H groups in total. The predicted octanol–water partition coefficient (Wildman–Crippen LogP) is 18.1. The van der Waals surface area contributed by atoms with Gasteiger partial charge >= 0.3 is 17.9 Å². The first-order valence-electron chi connectivity index (χ1n) is 27.0. The quantitative estimate of drug-likeness (QED) is 0.0262. The second kappa shape index (κ2) is 54.4. The van der Waals surface area contributed by atoms with Crippen molar-refractivity contribution in [2.75, 3.05) is 13.2 Å². The maximum Gasteiger partial charge on any atom is 0.306 e. The fourth-order valence-electron chi connectivity index (χ4n) is 6.87. The number of esters is 3. The number of hydrogen-bond donors (Lipinski definition) is 0. The van der Waals surface area contributed by atoms with Crippen molar-refractivity contribution in [3.63, 3.8) is 0 Å². The molecule has 0 spiro atoms. The van der Waals surface area contributed by atoms with Crippen molar-refractivity contribution in [3.05, 3.63) is 122 Å². The van der Waals surface area contributed by atoms with E-state index < -0.39 is 6.10 Å². The average molecular weight is 927 g/mol. The van der Waals surface area contributed by atoms with E-state index in [0.29, 0.717) is 19.3 Å². The average Bonchev–Trinajstić information content (AvgIpc) is 3.33. The third-order valence-electron chi connectivity index (χ3n) is 10.9. The van der Waals surface area contributed by atoms with Crippen molar-refractivity contribution < 1.29 is 28.6 Å². The molecule has 0 aliphatic heterocycles. The second-order valence-corrected chi connectivity index (χ2v) is 17.4. The van der Waals surface area contributed by atoms with E-state index >= 15 is 0 Å². The predicted molar refractivity (Wildman–Crippen MR) is 288 cm³/mol. The number of unbranched alkanes of at least 4 members (excludes halogenated alkanes) is 16. The van der Waals surface area contributed by atoms with Gasteiger partial charge in [0.25, 0.3) is 0 Å². The molecule has 6 heteroatoms. The van der Waals surface area contributed by atoms with Gasteiger partial charge in [0.05, 0.1) is 0 Å². The third kappa shape index (κ3) is 52.6. The zero-order chi connectivity index (χ0) is 48.6. The molecule has 0 aliphatic carbocycles. The summed E-state index contributed by atoms with van der Waals surface area (Å²) in [6.45, 7) is 6.36. The minimum Gasteiger partial charge on any atom is -0.462 e. The van der Waals surface area contributed by atoms with Gasteiger partial charge in [0.2, 0.25) is 0 Å². The highest BCUT2D eigenvalue weighted by atomic mass is 16.6. The van der Waals surface area contributed by atoms with Crippen LogP contribution in [0.4, 0.5) is 0 Å². The molecule has 0 heterocycles. The molecule has 0 saturated carbocycles. The molecule has 0 aromatic heterocycles. The highest BCUT2D eigenvalue weighted by molar-refractivity contribution is 5.71. The molecule has 0 rings (SSSR count). The summed E-state index contributed by atoms with van der Waals surface area (Å²) in [6, 6.07) is 0. The van der Waals surface area contributed by atoms with E-state index in [9.17, 15) is 14.4 Å². The highest BCUT2D eigenvalue weighted by Gasteiger charge is 2.19. The summed E-state index contributed by atoms with van der Waals surface area (Å²) in [5.74, 6) is -1.00. The van der Waals surface area contributed by atoms with E-state index in [1.165, 1.54) is 44.9 Å². The molecule has 0 aromatic rings. The van der Waals surface area contributed by atoms with E-state index in [1.807, 2.05) is 0 Å². The molecular weight excluding hydrogens is 829 g/mol. The Bertz CT molecular complexity index is 1440. The molecule has 0 bridgehead atoms. The molecule has 1 unspecified atom stereocenters. The SMILES string of the molecule is CC/C=C\C/C=C\C/C=C\C/C=C\C/C=C\C/C=C\C/C=C\CCCC(=O)OCC(COC(=O)CCCCCCC/C=C\CCC)OC(=O)CCCCCCC/C=C\C/C=C\CCCCCC. The number of carbonyl (C=O) groups is 3. The van der Waals surface area contributed by atoms with Crippen LogP contribution in [-0.4, -0.2) is 37.2 Å². The molecule has 0 aromatic carbocycles. The summed E-state index contributed by atoms with van der Waals surface area (Å²) in [5, 5.41) is 0. The van der Waals surface area contributed by atoms with Gasteiger partial charge in [-0.2, -0.15) is 0 Å². The van der Waals surface area contributed by atoms with Gasteiger partial charge in [-0.05, 0) is 122 Å². The van der Waals surface area contributed by atoms with Gasteiger partial charge in [-0.15, -0.1) is 0 Å². The molecule has 0 aliphatic rings. The first-order valence-corrected chi connectivity index (χ1v) is 27.0. The number of allylic oxidation sites excluding steroid dienone is 20. The lowest BCUT2D eigenvalue weighted by molar-refractivity contribution is -0.167. The van der Waals surface area contributed by atoms with Gasteiger partial charge in [-0.1, -0.05) is 206 Å². The van der Waals surface area contributed by atoms with Crippen molar-refractivity contribution in [1.82, 2.24) is 0 Å². The van der Waals surface area contributed by atoms with Crippen LogP contribution in [0.15, 0.2) is 122 Å². The lowest BCUT2D eigenvalue weighted by Gasteiger charge is -2.18. The fourth-order valence-corrected chi connectivity index (χ4v) is 6.87. The van der Waals surface area contributed by atoms with Crippen LogP contribution in [0.2, 0.25) is 0 Å². The Kier molecular flexibility index (Phi) is 51.0. The molecular formula is C61H98O6. The first kappa shape index (κ1) is 62.8. The first-order chi connectivity index (χ1) is 33.0. The maximum absolute atomic E-state index is 12.8. The van der Waals surface area contributed by atoms with Gasteiger partial charge in [0, 0.05) is 19.3 Å². The minimum atomic E-state index is -0.815. The smallest absolute Gasteiger partial charge is 0.306 e. The molecule has 0 amide bonds. The zero-order valence-electron chi connectivity index (χ0n) is 43.1. The van der Waals surface area contributed by atoms with Gasteiger partial charge in [-0.25, -0.2) is 0 Å².